The van der Waals surface area contributed by atoms with Crippen molar-refractivity contribution in [2.75, 3.05) is 10.6 Å². The summed E-state index contributed by atoms with van der Waals surface area (Å²) in [5.74, 6) is -0.649. The van der Waals surface area contributed by atoms with Crippen molar-refractivity contribution in [1.29, 1.82) is 0 Å². The van der Waals surface area contributed by atoms with E-state index in [9.17, 15) is 9.59 Å². The molecule has 1 aliphatic heterocycles. The van der Waals surface area contributed by atoms with Crippen molar-refractivity contribution in [1.82, 2.24) is 9.55 Å². The number of hydrogen-bond acceptors (Lipinski definition) is 4. The van der Waals surface area contributed by atoms with Crippen LogP contribution < -0.4 is 10.6 Å². The molecule has 6 heteroatoms. The minimum atomic E-state index is -0.283. The maximum atomic E-state index is 12.8. The van der Waals surface area contributed by atoms with Crippen LogP contribution in [-0.4, -0.2) is 21.4 Å². The van der Waals surface area contributed by atoms with Gasteiger partial charge in [0.05, 0.1) is 12.0 Å². The molecule has 114 valence electrons. The molecule has 1 aromatic carbocycles. The molecule has 2 N–H and O–H groups in total. The first-order valence-corrected chi connectivity index (χ1v) is 7.25. The fraction of sp³-hybridized carbons (Fsp3) is 0.312. The van der Waals surface area contributed by atoms with Crippen molar-refractivity contribution in [2.24, 2.45) is 5.92 Å². The Morgan fingerprint density at radius 1 is 1.32 bits per heavy atom. The highest BCUT2D eigenvalue weighted by atomic mass is 16.2. The first-order chi connectivity index (χ1) is 10.6. The maximum Gasteiger partial charge on any atom is 0.237 e. The second-order valence-electron chi connectivity index (χ2n) is 5.55. The second kappa shape index (κ2) is 5.63. The molecule has 2 heterocycles. The number of rotatable bonds is 2. The van der Waals surface area contributed by atoms with Gasteiger partial charge in [0, 0.05) is 43.4 Å². The topological polar surface area (TPSA) is 81.2 Å². The van der Waals surface area contributed by atoms with Crippen LogP contribution in [0.4, 0.5) is 11.4 Å². The van der Waals surface area contributed by atoms with Gasteiger partial charge in [0.1, 0.15) is 0 Å². The monoisotopic (exact) mass is 298 g/mol. The third-order valence-electron chi connectivity index (χ3n) is 4.01. The fourth-order valence-corrected chi connectivity index (χ4v) is 2.85. The molecule has 0 spiro atoms. The Labute approximate surface area is 128 Å². The summed E-state index contributed by atoms with van der Waals surface area (Å²) in [5.41, 5.74) is 7.86. The Morgan fingerprint density at radius 3 is 2.73 bits per heavy atom. The van der Waals surface area contributed by atoms with E-state index in [1.807, 2.05) is 4.57 Å². The minimum Gasteiger partial charge on any atom is -0.399 e. The number of amides is 2. The van der Waals surface area contributed by atoms with Gasteiger partial charge in [-0.2, -0.15) is 0 Å². The van der Waals surface area contributed by atoms with Crippen LogP contribution in [0.5, 0.6) is 0 Å². The number of benzene rings is 1. The number of nitrogens with zero attached hydrogens (tertiary/aromatic N) is 3. The molecule has 0 bridgehead atoms. The van der Waals surface area contributed by atoms with Gasteiger partial charge in [-0.05, 0) is 30.7 Å². The quantitative estimate of drug-likeness (QED) is 0.854. The third-order valence-corrected chi connectivity index (χ3v) is 4.01. The molecule has 22 heavy (non-hydrogen) atoms. The summed E-state index contributed by atoms with van der Waals surface area (Å²) in [6.45, 7) is 2.15. The molecule has 1 aromatic heterocycles. The molecule has 0 aliphatic carbocycles. The van der Waals surface area contributed by atoms with Gasteiger partial charge in [0.15, 0.2) is 0 Å². The number of imidazole rings is 1. The number of hydrogen-bond donors (Lipinski definition) is 1. The van der Waals surface area contributed by atoms with Crippen LogP contribution in [0, 0.1) is 5.92 Å². The molecule has 2 aromatic rings. The summed E-state index contributed by atoms with van der Waals surface area (Å²) in [4.78, 5) is 30.1. The number of nitrogens with two attached hydrogens (primary N) is 1. The number of imide groups is 1. The largest absolute Gasteiger partial charge is 0.399 e. The molecular weight excluding hydrogens is 280 g/mol. The zero-order chi connectivity index (χ0) is 15.7. The van der Waals surface area contributed by atoms with E-state index in [4.69, 9.17) is 5.73 Å². The van der Waals surface area contributed by atoms with E-state index in [-0.39, 0.29) is 17.7 Å². The maximum absolute atomic E-state index is 12.8. The summed E-state index contributed by atoms with van der Waals surface area (Å²) in [7, 11) is 0. The van der Waals surface area contributed by atoms with Crippen LogP contribution in [0.15, 0.2) is 36.8 Å². The van der Waals surface area contributed by atoms with E-state index in [0.717, 1.165) is 12.2 Å². The first-order valence-electron chi connectivity index (χ1n) is 7.25. The Hall–Kier alpha value is -2.63. The van der Waals surface area contributed by atoms with Crippen LogP contribution in [0.3, 0.4) is 0 Å². The van der Waals surface area contributed by atoms with Gasteiger partial charge in [-0.25, -0.2) is 4.98 Å². The van der Waals surface area contributed by atoms with Crippen LogP contribution in [0.1, 0.15) is 19.0 Å². The zero-order valence-corrected chi connectivity index (χ0v) is 12.4. The highest BCUT2D eigenvalue weighted by molar-refractivity contribution is 6.14. The van der Waals surface area contributed by atoms with E-state index in [2.05, 4.69) is 4.98 Å². The van der Waals surface area contributed by atoms with E-state index in [1.165, 1.54) is 11.8 Å². The molecule has 0 fully saturated rings. The first kappa shape index (κ1) is 14.3. The summed E-state index contributed by atoms with van der Waals surface area (Å²) in [5, 5.41) is 0. The van der Waals surface area contributed by atoms with Crippen molar-refractivity contribution < 1.29 is 9.59 Å². The smallest absolute Gasteiger partial charge is 0.237 e. The van der Waals surface area contributed by atoms with Gasteiger partial charge in [-0.3, -0.25) is 14.5 Å². The normalized spacial score (nSPS) is 16.9. The Balaban J connectivity index is 1.85. The van der Waals surface area contributed by atoms with Crippen LogP contribution >= 0.6 is 0 Å². The zero-order valence-electron chi connectivity index (χ0n) is 12.4. The lowest BCUT2D eigenvalue weighted by atomic mass is 9.94. The van der Waals surface area contributed by atoms with Gasteiger partial charge >= 0.3 is 0 Å². The average Bonchev–Trinajstić information content (AvgIpc) is 2.96. The van der Waals surface area contributed by atoms with Gasteiger partial charge < -0.3 is 10.3 Å². The fourth-order valence-electron chi connectivity index (χ4n) is 2.85. The summed E-state index contributed by atoms with van der Waals surface area (Å²) >= 11 is 0. The number of aryl methyl sites for hydroxylation is 1. The number of aromatic nitrogens is 2. The molecule has 0 saturated carbocycles. The lowest BCUT2D eigenvalue weighted by Gasteiger charge is -2.28. The predicted octanol–water partition coefficient (Wildman–Crippen LogP) is 1.61. The van der Waals surface area contributed by atoms with Gasteiger partial charge in [-0.1, -0.05) is 0 Å². The number of carbonyl (C=O) groups excluding carboxylic acids is 2. The number of nitrogen functional groups attached to an aromatic ring is 1. The molecule has 3 rings (SSSR count). The highest BCUT2D eigenvalue weighted by Gasteiger charge is 2.31. The number of carbonyl (C=O) groups is 2. The van der Waals surface area contributed by atoms with Gasteiger partial charge in [0.25, 0.3) is 0 Å². The molecule has 1 unspecified atom stereocenters. The molecule has 2 amide bonds. The Bertz CT molecular complexity index is 705. The molecule has 1 atom stereocenters. The minimum absolute atomic E-state index is 0.162. The van der Waals surface area contributed by atoms with Gasteiger partial charge in [-0.15, -0.1) is 0 Å². The molecule has 0 radical (unpaired) electrons. The summed E-state index contributed by atoms with van der Waals surface area (Å²) in [6.07, 6.45) is 4.87. The van der Waals surface area contributed by atoms with Crippen LogP contribution in [-0.2, 0) is 22.6 Å². The highest BCUT2D eigenvalue weighted by Crippen LogP contribution is 2.25. The van der Waals surface area contributed by atoms with Crippen molar-refractivity contribution in [3.8, 4) is 0 Å². The van der Waals surface area contributed by atoms with Crippen LogP contribution in [0.25, 0.3) is 0 Å². The van der Waals surface area contributed by atoms with Crippen molar-refractivity contribution >= 4 is 23.2 Å². The van der Waals surface area contributed by atoms with Gasteiger partial charge in [0.2, 0.25) is 11.8 Å². The molecule has 0 saturated heterocycles. The Kier molecular flexibility index (Phi) is 3.66. The molecule has 6 nitrogen and oxygen atoms in total. The summed E-state index contributed by atoms with van der Waals surface area (Å²) in [6, 6.07) is 6.77. The molecular formula is C16H18N4O2. The number of anilines is 2. The Morgan fingerprint density at radius 2 is 2.05 bits per heavy atom. The van der Waals surface area contributed by atoms with E-state index < -0.39 is 0 Å². The predicted molar refractivity (Wildman–Crippen MR) is 83.1 cm³/mol. The van der Waals surface area contributed by atoms with Crippen molar-refractivity contribution in [3.63, 3.8) is 0 Å². The van der Waals surface area contributed by atoms with E-state index >= 15 is 0 Å². The standard InChI is InChI=1S/C16H18N4O2/c1-11(21)20(14-4-2-13(17)3-5-14)16(22)12-6-7-19-10-18-9-15(19)8-12/h2-5,9-10,12H,6-8,17H2,1H3. The lowest BCUT2D eigenvalue weighted by molar-refractivity contribution is -0.128. The molecule has 1 aliphatic rings. The summed E-state index contributed by atoms with van der Waals surface area (Å²) < 4.78 is 2.05. The third kappa shape index (κ3) is 2.59. The van der Waals surface area contributed by atoms with E-state index in [0.29, 0.717) is 24.2 Å². The van der Waals surface area contributed by atoms with Crippen molar-refractivity contribution in [3.05, 3.63) is 42.5 Å². The second-order valence-corrected chi connectivity index (χ2v) is 5.55. The van der Waals surface area contributed by atoms with Crippen molar-refractivity contribution in [2.45, 2.75) is 26.3 Å². The average molecular weight is 298 g/mol. The SMILES string of the molecule is CC(=O)N(C(=O)C1CCn2cncc2C1)c1ccc(N)cc1. The lowest BCUT2D eigenvalue weighted by Crippen LogP contribution is -2.42. The van der Waals surface area contributed by atoms with Crippen LogP contribution in [0.2, 0.25) is 0 Å². The number of fused-ring (bicyclic) bond motifs is 1. The van der Waals surface area contributed by atoms with E-state index in [1.54, 1.807) is 36.8 Å².